The molecule has 0 atom stereocenters. The Balaban J connectivity index is 1.45. The van der Waals surface area contributed by atoms with E-state index in [2.05, 4.69) is 108 Å². The predicted molar refractivity (Wildman–Crippen MR) is 177 cm³/mol. The molecule has 0 spiro atoms. The van der Waals surface area contributed by atoms with Crippen molar-refractivity contribution in [2.45, 2.75) is 0 Å². The van der Waals surface area contributed by atoms with Crippen LogP contribution in [0.25, 0.3) is 45.4 Å². The van der Waals surface area contributed by atoms with E-state index in [1.54, 1.807) is 6.20 Å². The highest BCUT2D eigenvalue weighted by Gasteiger charge is 2.49. The van der Waals surface area contributed by atoms with Crippen LogP contribution >= 0.6 is 0 Å². The van der Waals surface area contributed by atoms with Gasteiger partial charge in [-0.1, -0.05) is 140 Å². The van der Waals surface area contributed by atoms with Crippen LogP contribution in [-0.2, 0) is 0 Å². The molecule has 0 amide bonds. The lowest BCUT2D eigenvalue weighted by molar-refractivity contribution is 1.06. The van der Waals surface area contributed by atoms with Gasteiger partial charge in [-0.15, -0.1) is 0 Å². The van der Waals surface area contributed by atoms with E-state index in [0.717, 1.165) is 11.1 Å². The quantitative estimate of drug-likeness (QED) is 0.254. The molecule has 5 heteroatoms. The minimum Gasteiger partial charge on any atom is -0.253 e. The number of aromatic nitrogens is 4. The van der Waals surface area contributed by atoms with Crippen molar-refractivity contribution in [3.8, 4) is 45.4 Å². The van der Waals surface area contributed by atoms with Crippen molar-refractivity contribution in [1.29, 1.82) is 0 Å². The first-order chi connectivity index (χ1) is 21.3. The van der Waals surface area contributed by atoms with Crippen LogP contribution in [0.4, 0.5) is 0 Å². The molecule has 0 N–H and O–H groups in total. The number of hydrogen-bond acceptors (Lipinski definition) is 4. The molecule has 0 saturated heterocycles. The Labute approximate surface area is 251 Å². The molecule has 0 unspecified atom stereocenters. The van der Waals surface area contributed by atoms with Gasteiger partial charge in [0, 0.05) is 17.3 Å². The largest absolute Gasteiger partial charge is 0.253 e. The maximum Gasteiger partial charge on any atom is 0.182 e. The molecule has 1 aliphatic rings. The lowest BCUT2D eigenvalue weighted by Gasteiger charge is -2.31. The van der Waals surface area contributed by atoms with Gasteiger partial charge in [0.05, 0.1) is 0 Å². The molecule has 5 aromatic carbocycles. The monoisotopic (exact) mass is 566 g/mol. The molecule has 0 radical (unpaired) electrons. The second-order valence-corrected chi connectivity index (χ2v) is 14.4. The second kappa shape index (κ2) is 10.4. The van der Waals surface area contributed by atoms with Crippen molar-refractivity contribution >= 4 is 28.8 Å². The molecule has 7 aromatic rings. The molecular weight excluding hydrogens is 541 g/mol. The minimum absolute atomic E-state index is 0.558. The summed E-state index contributed by atoms with van der Waals surface area (Å²) >= 11 is 0. The minimum atomic E-state index is -2.63. The zero-order valence-electron chi connectivity index (χ0n) is 23.3. The number of hydrogen-bond donors (Lipinski definition) is 0. The molecule has 202 valence electrons. The fourth-order valence-corrected chi connectivity index (χ4v) is 11.7. The van der Waals surface area contributed by atoms with Crippen molar-refractivity contribution < 1.29 is 0 Å². The standard InChI is InChI=1S/C38H26N4Si/c1-4-15-27(16-5-1)36-40-37(42-38(41-36)32-23-12-13-26-39-32)31-22-14-25-34-35(31)30-21-10-11-24-33(30)43(34,28-17-6-2-7-18-28)29-19-8-3-9-20-29/h1-26H. The van der Waals surface area contributed by atoms with E-state index in [-0.39, 0.29) is 0 Å². The third-order valence-corrected chi connectivity index (χ3v) is 13.2. The lowest BCUT2D eigenvalue weighted by atomic mass is 9.99. The maximum atomic E-state index is 5.11. The highest BCUT2D eigenvalue weighted by atomic mass is 28.3. The summed E-state index contributed by atoms with van der Waals surface area (Å²) in [5.41, 5.74) is 5.10. The molecule has 43 heavy (non-hydrogen) atoms. The van der Waals surface area contributed by atoms with Crippen LogP contribution in [0.1, 0.15) is 0 Å². The molecule has 8 rings (SSSR count). The van der Waals surface area contributed by atoms with Gasteiger partial charge in [0.1, 0.15) is 5.69 Å². The fourth-order valence-electron chi connectivity index (χ4n) is 6.50. The molecule has 1 aliphatic heterocycles. The first-order valence-electron chi connectivity index (χ1n) is 14.4. The first kappa shape index (κ1) is 25.2. The Morgan fingerprint density at radius 3 is 1.65 bits per heavy atom. The summed E-state index contributed by atoms with van der Waals surface area (Å²) in [6.07, 6.45) is 1.77. The number of rotatable bonds is 5. The van der Waals surface area contributed by atoms with Crippen LogP contribution < -0.4 is 20.7 Å². The van der Waals surface area contributed by atoms with E-state index in [9.17, 15) is 0 Å². The van der Waals surface area contributed by atoms with Crippen molar-refractivity contribution in [2.24, 2.45) is 0 Å². The molecule has 3 heterocycles. The molecule has 0 fully saturated rings. The Morgan fingerprint density at radius 2 is 0.953 bits per heavy atom. The Bertz CT molecular complexity index is 1970. The van der Waals surface area contributed by atoms with Gasteiger partial charge in [0.15, 0.2) is 25.5 Å². The first-order valence-corrected chi connectivity index (χ1v) is 16.4. The summed E-state index contributed by atoms with van der Waals surface area (Å²) in [5, 5.41) is 5.46. The van der Waals surface area contributed by atoms with Gasteiger partial charge in [-0.25, -0.2) is 15.0 Å². The third-order valence-electron chi connectivity index (χ3n) is 8.28. The van der Waals surface area contributed by atoms with E-state index < -0.39 is 8.07 Å². The molecular formula is C38H26N4Si. The van der Waals surface area contributed by atoms with E-state index in [1.165, 1.54) is 31.9 Å². The predicted octanol–water partition coefficient (Wildman–Crippen LogP) is 5.63. The van der Waals surface area contributed by atoms with Crippen molar-refractivity contribution in [3.63, 3.8) is 0 Å². The highest BCUT2D eigenvalue weighted by Crippen LogP contribution is 2.36. The van der Waals surface area contributed by atoms with Gasteiger partial charge in [0.25, 0.3) is 0 Å². The zero-order valence-corrected chi connectivity index (χ0v) is 24.3. The van der Waals surface area contributed by atoms with Gasteiger partial charge in [-0.3, -0.25) is 4.98 Å². The van der Waals surface area contributed by atoms with Crippen molar-refractivity contribution in [3.05, 3.63) is 158 Å². The smallest absolute Gasteiger partial charge is 0.182 e. The summed E-state index contributed by atoms with van der Waals surface area (Å²) in [4.78, 5) is 19.7. The van der Waals surface area contributed by atoms with Gasteiger partial charge in [0.2, 0.25) is 0 Å². The normalized spacial score (nSPS) is 12.8. The third kappa shape index (κ3) is 4.05. The Kier molecular flexibility index (Phi) is 6.09. The van der Waals surface area contributed by atoms with Crippen LogP contribution in [0.3, 0.4) is 0 Å². The van der Waals surface area contributed by atoms with E-state index in [0.29, 0.717) is 23.2 Å². The van der Waals surface area contributed by atoms with E-state index in [4.69, 9.17) is 15.0 Å². The number of nitrogens with zero attached hydrogens (tertiary/aromatic N) is 4. The fraction of sp³-hybridized carbons (Fsp3) is 0. The highest BCUT2D eigenvalue weighted by molar-refractivity contribution is 7.22. The van der Waals surface area contributed by atoms with Gasteiger partial charge in [-0.2, -0.15) is 0 Å². The molecule has 0 bridgehead atoms. The second-order valence-electron chi connectivity index (χ2n) is 10.6. The SMILES string of the molecule is c1ccc(-c2nc(-c3ccccn3)nc(-c3cccc4c3-c3ccccc3[Si]4(c3ccccc3)c3ccccc3)n2)cc1. The Morgan fingerprint density at radius 1 is 0.395 bits per heavy atom. The van der Waals surface area contributed by atoms with Crippen LogP contribution in [0.5, 0.6) is 0 Å². The van der Waals surface area contributed by atoms with Crippen LogP contribution in [0.15, 0.2) is 158 Å². The van der Waals surface area contributed by atoms with Crippen molar-refractivity contribution in [2.75, 3.05) is 0 Å². The Hall–Kier alpha value is -5.52. The number of benzene rings is 5. The van der Waals surface area contributed by atoms with Crippen LogP contribution in [0, 0.1) is 0 Å². The van der Waals surface area contributed by atoms with E-state index >= 15 is 0 Å². The van der Waals surface area contributed by atoms with Crippen molar-refractivity contribution in [1.82, 2.24) is 19.9 Å². The molecule has 0 aliphatic carbocycles. The van der Waals surface area contributed by atoms with Crippen LogP contribution in [-0.4, -0.2) is 28.0 Å². The van der Waals surface area contributed by atoms with Crippen LogP contribution in [0.2, 0.25) is 0 Å². The summed E-state index contributed by atoms with van der Waals surface area (Å²) in [6, 6.07) is 53.5. The summed E-state index contributed by atoms with van der Waals surface area (Å²) in [7, 11) is -2.63. The van der Waals surface area contributed by atoms with Gasteiger partial charge in [-0.05, 0) is 44.0 Å². The summed E-state index contributed by atoms with van der Waals surface area (Å²) < 4.78 is 0. The average Bonchev–Trinajstić information content (AvgIpc) is 3.41. The van der Waals surface area contributed by atoms with Gasteiger partial charge >= 0.3 is 0 Å². The lowest BCUT2D eigenvalue weighted by Crippen LogP contribution is -2.72. The zero-order chi connectivity index (χ0) is 28.6. The van der Waals surface area contributed by atoms with Gasteiger partial charge < -0.3 is 0 Å². The molecule has 2 aromatic heterocycles. The summed E-state index contributed by atoms with van der Waals surface area (Å²) in [6.45, 7) is 0. The maximum absolute atomic E-state index is 5.11. The number of fused-ring (bicyclic) bond motifs is 3. The van der Waals surface area contributed by atoms with E-state index in [1.807, 2.05) is 48.5 Å². The number of pyridine rings is 1. The average molecular weight is 567 g/mol. The topological polar surface area (TPSA) is 51.6 Å². The molecule has 4 nitrogen and oxygen atoms in total. The summed E-state index contributed by atoms with van der Waals surface area (Å²) in [5.74, 6) is 1.83. The molecule has 0 saturated carbocycles.